The lowest BCUT2D eigenvalue weighted by atomic mass is 10.2. The minimum atomic E-state index is 0.498. The molecular weight excluding hydrogens is 455 g/mol. The first-order valence-electron chi connectivity index (χ1n) is 7.76. The van der Waals surface area contributed by atoms with Gasteiger partial charge in [0.15, 0.2) is 10.9 Å². The Balaban J connectivity index is 1.57. The molecule has 3 rings (SSSR count). The Kier molecular flexibility index (Phi) is 6.53. The van der Waals surface area contributed by atoms with E-state index < -0.39 is 0 Å². The van der Waals surface area contributed by atoms with Crippen molar-refractivity contribution in [3.05, 3.63) is 80.4 Å². The van der Waals surface area contributed by atoms with Crippen LogP contribution < -0.4 is 10.6 Å². The van der Waals surface area contributed by atoms with E-state index in [0.717, 1.165) is 20.6 Å². The van der Waals surface area contributed by atoms with Gasteiger partial charge in [-0.25, -0.2) is 0 Å². The van der Waals surface area contributed by atoms with Crippen molar-refractivity contribution in [1.82, 2.24) is 15.1 Å². The van der Waals surface area contributed by atoms with Crippen LogP contribution in [0.1, 0.15) is 11.1 Å². The van der Waals surface area contributed by atoms with Crippen LogP contribution in [0.15, 0.2) is 59.2 Å². The number of hydrogen-bond acceptors (Lipinski definition) is 2. The summed E-state index contributed by atoms with van der Waals surface area (Å²) in [6, 6.07) is 15.3. The average molecular weight is 470 g/mol. The molecule has 0 unspecified atom stereocenters. The zero-order chi connectivity index (χ0) is 18.5. The highest BCUT2D eigenvalue weighted by molar-refractivity contribution is 9.10. The average Bonchev–Trinajstić information content (AvgIpc) is 2.95. The van der Waals surface area contributed by atoms with Crippen LogP contribution in [0.25, 0.3) is 0 Å². The van der Waals surface area contributed by atoms with Crippen LogP contribution in [0.3, 0.4) is 0 Å². The number of nitrogens with zero attached hydrogens (tertiary/aromatic N) is 2. The molecule has 0 bridgehead atoms. The van der Waals surface area contributed by atoms with E-state index in [1.807, 2.05) is 59.4 Å². The summed E-state index contributed by atoms with van der Waals surface area (Å²) in [6.45, 7) is 1.24. The second-order valence-electron chi connectivity index (χ2n) is 5.58. The first-order chi connectivity index (χ1) is 12.5. The van der Waals surface area contributed by atoms with Gasteiger partial charge in [-0.05, 0) is 63.5 Å². The highest BCUT2D eigenvalue weighted by Gasteiger charge is 2.09. The van der Waals surface area contributed by atoms with Crippen LogP contribution in [-0.4, -0.2) is 14.9 Å². The van der Waals surface area contributed by atoms with Crippen LogP contribution in [0.4, 0.5) is 5.82 Å². The zero-order valence-electron chi connectivity index (χ0n) is 13.5. The first-order valence-corrected chi connectivity index (χ1v) is 9.72. The number of rotatable bonds is 5. The number of hydrogen-bond donors (Lipinski definition) is 2. The van der Waals surface area contributed by atoms with Gasteiger partial charge in [0.2, 0.25) is 0 Å². The highest BCUT2D eigenvalue weighted by Crippen LogP contribution is 2.21. The predicted octanol–water partition coefficient (Wildman–Crippen LogP) is 5.49. The molecule has 0 saturated carbocycles. The molecule has 1 aromatic heterocycles. The summed E-state index contributed by atoms with van der Waals surface area (Å²) in [7, 11) is 0. The van der Waals surface area contributed by atoms with Crippen molar-refractivity contribution in [2.45, 2.75) is 13.1 Å². The normalized spacial score (nSPS) is 10.6. The molecule has 134 valence electrons. The van der Waals surface area contributed by atoms with Crippen LogP contribution in [0.5, 0.6) is 0 Å². The zero-order valence-corrected chi connectivity index (χ0v) is 17.5. The molecule has 0 aliphatic heterocycles. The molecule has 0 aliphatic rings. The van der Waals surface area contributed by atoms with Gasteiger partial charge in [-0.1, -0.05) is 47.5 Å². The van der Waals surface area contributed by atoms with Crippen molar-refractivity contribution in [2.24, 2.45) is 0 Å². The Morgan fingerprint density at radius 3 is 2.19 bits per heavy atom. The SMILES string of the molecule is S=C(NCc1ccc(Cl)cc1)Nc1nn(Cc2ccc(Cl)cc2)cc1Br. The van der Waals surface area contributed by atoms with Crippen molar-refractivity contribution in [3.8, 4) is 0 Å². The van der Waals surface area contributed by atoms with Gasteiger partial charge in [-0.15, -0.1) is 0 Å². The number of anilines is 1. The van der Waals surface area contributed by atoms with E-state index in [4.69, 9.17) is 35.4 Å². The second-order valence-corrected chi connectivity index (χ2v) is 7.72. The summed E-state index contributed by atoms with van der Waals surface area (Å²) in [5, 5.41) is 12.7. The van der Waals surface area contributed by atoms with Crippen LogP contribution in [-0.2, 0) is 13.1 Å². The van der Waals surface area contributed by atoms with Gasteiger partial charge in [-0.3, -0.25) is 4.68 Å². The van der Waals surface area contributed by atoms with Crippen LogP contribution >= 0.6 is 51.3 Å². The van der Waals surface area contributed by atoms with Gasteiger partial charge >= 0.3 is 0 Å². The van der Waals surface area contributed by atoms with Crippen LogP contribution in [0.2, 0.25) is 10.0 Å². The molecule has 0 radical (unpaired) electrons. The number of benzene rings is 2. The Hall–Kier alpha value is -1.60. The fraction of sp³-hybridized carbons (Fsp3) is 0.111. The molecule has 4 nitrogen and oxygen atoms in total. The molecule has 26 heavy (non-hydrogen) atoms. The lowest BCUT2D eigenvalue weighted by molar-refractivity contribution is 0.689. The number of nitrogens with one attached hydrogen (secondary N) is 2. The summed E-state index contributed by atoms with van der Waals surface area (Å²) in [5.74, 6) is 0.660. The highest BCUT2D eigenvalue weighted by atomic mass is 79.9. The van der Waals surface area contributed by atoms with E-state index >= 15 is 0 Å². The Morgan fingerprint density at radius 2 is 1.58 bits per heavy atom. The number of thiocarbonyl (C=S) groups is 1. The third-order valence-corrected chi connectivity index (χ3v) is 4.90. The van der Waals surface area contributed by atoms with E-state index in [2.05, 4.69) is 31.7 Å². The fourth-order valence-electron chi connectivity index (χ4n) is 2.28. The molecular formula is C18H15BrCl2N4S. The molecule has 2 N–H and O–H groups in total. The van der Waals surface area contributed by atoms with Crippen molar-refractivity contribution >= 4 is 62.3 Å². The standard InChI is InChI=1S/C18H15BrCl2N4S/c19-16-11-25(10-13-3-7-15(21)8-4-13)24-17(16)23-18(26)22-9-12-1-5-14(20)6-2-12/h1-8,11H,9-10H2,(H2,22,23,24,26). The minimum Gasteiger partial charge on any atom is -0.358 e. The molecule has 2 aromatic carbocycles. The van der Waals surface area contributed by atoms with Crippen LogP contribution in [0, 0.1) is 0 Å². The largest absolute Gasteiger partial charge is 0.358 e. The quantitative estimate of drug-likeness (QED) is 0.485. The molecule has 0 amide bonds. The van der Waals surface area contributed by atoms with Gasteiger partial charge < -0.3 is 10.6 Å². The number of halogens is 3. The molecule has 0 spiro atoms. The Bertz CT molecular complexity index is 895. The fourth-order valence-corrected chi connectivity index (χ4v) is 3.11. The van der Waals surface area contributed by atoms with E-state index in [1.165, 1.54) is 0 Å². The van der Waals surface area contributed by atoms with Gasteiger partial charge in [0.1, 0.15) is 0 Å². The smallest absolute Gasteiger partial charge is 0.172 e. The van der Waals surface area contributed by atoms with Crippen molar-refractivity contribution < 1.29 is 0 Å². The summed E-state index contributed by atoms with van der Waals surface area (Å²) < 4.78 is 2.67. The maximum Gasteiger partial charge on any atom is 0.172 e. The van der Waals surface area contributed by atoms with Gasteiger partial charge in [-0.2, -0.15) is 5.10 Å². The lowest BCUT2D eigenvalue weighted by Gasteiger charge is -2.09. The third-order valence-electron chi connectivity index (χ3n) is 3.57. The molecule has 0 aliphatic carbocycles. The Morgan fingerprint density at radius 1 is 1.00 bits per heavy atom. The van der Waals surface area contributed by atoms with Crippen molar-refractivity contribution in [2.75, 3.05) is 5.32 Å². The Labute approximate surface area is 175 Å². The van der Waals surface area contributed by atoms with Gasteiger partial charge in [0.25, 0.3) is 0 Å². The lowest BCUT2D eigenvalue weighted by Crippen LogP contribution is -2.28. The molecule has 1 heterocycles. The van der Waals surface area contributed by atoms with Gasteiger partial charge in [0, 0.05) is 22.8 Å². The topological polar surface area (TPSA) is 41.9 Å². The molecule has 0 atom stereocenters. The van der Waals surface area contributed by atoms with Crippen molar-refractivity contribution in [3.63, 3.8) is 0 Å². The van der Waals surface area contributed by atoms with Crippen molar-refractivity contribution in [1.29, 1.82) is 0 Å². The van der Waals surface area contributed by atoms with E-state index in [1.54, 1.807) is 0 Å². The molecule has 0 saturated heterocycles. The van der Waals surface area contributed by atoms with E-state index in [-0.39, 0.29) is 0 Å². The molecule has 3 aromatic rings. The van der Waals surface area contributed by atoms with Gasteiger partial charge in [0.05, 0.1) is 11.0 Å². The predicted molar refractivity (Wildman–Crippen MR) is 115 cm³/mol. The summed E-state index contributed by atoms with van der Waals surface area (Å²) in [4.78, 5) is 0. The summed E-state index contributed by atoms with van der Waals surface area (Å²) in [6.07, 6.45) is 1.90. The maximum absolute atomic E-state index is 5.92. The summed E-state index contributed by atoms with van der Waals surface area (Å²) in [5.41, 5.74) is 2.20. The first kappa shape index (κ1) is 19.2. The van der Waals surface area contributed by atoms with E-state index in [0.29, 0.717) is 29.0 Å². The maximum atomic E-state index is 5.92. The molecule has 0 fully saturated rings. The summed E-state index contributed by atoms with van der Waals surface area (Å²) >= 11 is 20.6. The van der Waals surface area contributed by atoms with E-state index in [9.17, 15) is 0 Å². The number of aromatic nitrogens is 2. The second kappa shape index (κ2) is 8.86. The third kappa shape index (κ3) is 5.45. The monoisotopic (exact) mass is 468 g/mol. The molecule has 8 heteroatoms. The minimum absolute atomic E-state index is 0.498.